The lowest BCUT2D eigenvalue weighted by atomic mass is 9.92. The van der Waals surface area contributed by atoms with Gasteiger partial charge in [0, 0.05) is 31.6 Å². The van der Waals surface area contributed by atoms with E-state index in [0.717, 1.165) is 31.5 Å². The Morgan fingerprint density at radius 2 is 1.81 bits per heavy atom. The Hall–Kier alpha value is -1.31. The van der Waals surface area contributed by atoms with Crippen molar-refractivity contribution in [1.29, 1.82) is 0 Å². The number of likely N-dealkylation sites (N-methyl/N-ethyl adjacent to an activating group) is 1. The van der Waals surface area contributed by atoms with Crippen molar-refractivity contribution in [3.05, 3.63) is 35.4 Å². The topological polar surface area (TPSA) is 35.6 Å². The molecule has 0 saturated carbocycles. The van der Waals surface area contributed by atoms with E-state index in [1.807, 2.05) is 19.0 Å². The zero-order valence-corrected chi connectivity index (χ0v) is 16.9. The van der Waals surface area contributed by atoms with Gasteiger partial charge < -0.3 is 15.1 Å². The maximum atomic E-state index is 13.0. The third-order valence-corrected chi connectivity index (χ3v) is 4.76. The number of nitrogens with one attached hydrogen (secondary N) is 1. The van der Waals surface area contributed by atoms with Crippen molar-refractivity contribution in [2.24, 2.45) is 5.92 Å². The summed E-state index contributed by atoms with van der Waals surface area (Å²) < 4.78 is 38.2. The lowest BCUT2D eigenvalue weighted by Crippen LogP contribution is -2.45. The SMILES string of the molecule is C[C@H]1C[C@@H](C(=O)N(CCN(C)C)Cc2ccc(C(F)(F)F)cc2)CCN1.Cl. The highest BCUT2D eigenvalue weighted by Gasteiger charge is 2.31. The minimum Gasteiger partial charge on any atom is -0.337 e. The Kier molecular flexibility index (Phi) is 9.05. The van der Waals surface area contributed by atoms with Crippen LogP contribution in [0.5, 0.6) is 0 Å². The van der Waals surface area contributed by atoms with Gasteiger partial charge in [-0.1, -0.05) is 12.1 Å². The first-order valence-corrected chi connectivity index (χ1v) is 9.00. The molecule has 27 heavy (non-hydrogen) atoms. The Morgan fingerprint density at radius 1 is 1.19 bits per heavy atom. The number of piperidine rings is 1. The van der Waals surface area contributed by atoms with Gasteiger partial charge in [-0.3, -0.25) is 4.79 Å². The Bertz CT molecular complexity index is 593. The summed E-state index contributed by atoms with van der Waals surface area (Å²) in [5.74, 6) is 0.0722. The van der Waals surface area contributed by atoms with Crippen LogP contribution in [-0.4, -0.2) is 55.5 Å². The minimum absolute atomic E-state index is 0. The van der Waals surface area contributed by atoms with Crippen LogP contribution in [0.25, 0.3) is 0 Å². The van der Waals surface area contributed by atoms with Crippen molar-refractivity contribution in [1.82, 2.24) is 15.1 Å². The summed E-state index contributed by atoms with van der Waals surface area (Å²) >= 11 is 0. The van der Waals surface area contributed by atoms with Gasteiger partial charge in [0.25, 0.3) is 0 Å². The molecule has 1 aromatic rings. The van der Waals surface area contributed by atoms with Crippen molar-refractivity contribution in [3.63, 3.8) is 0 Å². The molecule has 154 valence electrons. The number of hydrogen-bond acceptors (Lipinski definition) is 3. The van der Waals surface area contributed by atoms with Crippen molar-refractivity contribution in [2.45, 2.75) is 38.5 Å². The summed E-state index contributed by atoms with van der Waals surface area (Å²) in [7, 11) is 3.88. The van der Waals surface area contributed by atoms with Gasteiger partial charge in [-0.2, -0.15) is 13.2 Å². The molecule has 1 aromatic carbocycles. The number of amides is 1. The zero-order chi connectivity index (χ0) is 19.3. The number of benzene rings is 1. The van der Waals surface area contributed by atoms with E-state index >= 15 is 0 Å². The third-order valence-electron chi connectivity index (χ3n) is 4.76. The van der Waals surface area contributed by atoms with E-state index in [2.05, 4.69) is 12.2 Å². The number of alkyl halides is 3. The highest BCUT2D eigenvalue weighted by molar-refractivity contribution is 5.85. The molecule has 0 bridgehead atoms. The molecule has 1 saturated heterocycles. The van der Waals surface area contributed by atoms with E-state index in [9.17, 15) is 18.0 Å². The van der Waals surface area contributed by atoms with Crippen molar-refractivity contribution < 1.29 is 18.0 Å². The first kappa shape index (κ1) is 23.7. The summed E-state index contributed by atoms with van der Waals surface area (Å²) in [6.45, 7) is 4.50. The van der Waals surface area contributed by atoms with Gasteiger partial charge in [0.05, 0.1) is 5.56 Å². The zero-order valence-electron chi connectivity index (χ0n) is 16.1. The van der Waals surface area contributed by atoms with Gasteiger partial charge >= 0.3 is 6.18 Å². The van der Waals surface area contributed by atoms with Gasteiger partial charge in [0.15, 0.2) is 0 Å². The largest absolute Gasteiger partial charge is 0.416 e. The number of rotatable bonds is 6. The lowest BCUT2D eigenvalue weighted by molar-refractivity contribution is -0.138. The molecule has 0 unspecified atom stereocenters. The molecule has 2 rings (SSSR count). The van der Waals surface area contributed by atoms with Crippen LogP contribution in [0.3, 0.4) is 0 Å². The number of hydrogen-bond donors (Lipinski definition) is 1. The highest BCUT2D eigenvalue weighted by Crippen LogP contribution is 2.29. The quantitative estimate of drug-likeness (QED) is 0.785. The van der Waals surface area contributed by atoms with E-state index in [1.54, 1.807) is 4.90 Å². The van der Waals surface area contributed by atoms with Gasteiger partial charge in [0.1, 0.15) is 0 Å². The van der Waals surface area contributed by atoms with E-state index in [-0.39, 0.29) is 24.2 Å². The predicted octanol–water partition coefficient (Wildman–Crippen LogP) is 3.41. The minimum atomic E-state index is -4.34. The molecule has 1 aliphatic heterocycles. The van der Waals surface area contributed by atoms with Crippen LogP contribution in [0.4, 0.5) is 13.2 Å². The summed E-state index contributed by atoms with van der Waals surface area (Å²) in [5.41, 5.74) is 0.0479. The first-order chi connectivity index (χ1) is 12.2. The molecule has 0 spiro atoms. The Morgan fingerprint density at radius 3 is 2.33 bits per heavy atom. The van der Waals surface area contributed by atoms with Gasteiger partial charge in [-0.15, -0.1) is 12.4 Å². The van der Waals surface area contributed by atoms with Crippen molar-refractivity contribution in [3.8, 4) is 0 Å². The molecule has 1 aliphatic rings. The summed E-state index contributed by atoms with van der Waals surface area (Å²) in [6, 6.07) is 5.39. The molecule has 4 nitrogen and oxygen atoms in total. The fourth-order valence-corrected chi connectivity index (χ4v) is 3.22. The summed E-state index contributed by atoms with van der Waals surface area (Å²) in [6.07, 6.45) is -2.75. The molecular formula is C19H29ClF3N3O. The van der Waals surface area contributed by atoms with Crippen LogP contribution < -0.4 is 5.32 Å². The molecule has 1 N–H and O–H groups in total. The van der Waals surface area contributed by atoms with E-state index in [1.165, 1.54) is 12.1 Å². The number of carbonyl (C=O) groups excluding carboxylic acids is 1. The fourth-order valence-electron chi connectivity index (χ4n) is 3.22. The maximum Gasteiger partial charge on any atom is 0.416 e. The smallest absolute Gasteiger partial charge is 0.337 e. The van der Waals surface area contributed by atoms with Crippen molar-refractivity contribution in [2.75, 3.05) is 33.7 Å². The third kappa shape index (κ3) is 7.31. The molecule has 1 fully saturated rings. The van der Waals surface area contributed by atoms with Crippen LogP contribution in [0.1, 0.15) is 30.9 Å². The molecule has 0 aromatic heterocycles. The van der Waals surface area contributed by atoms with Gasteiger partial charge in [0.2, 0.25) is 5.91 Å². The number of nitrogens with zero attached hydrogens (tertiary/aromatic N) is 2. The van der Waals surface area contributed by atoms with Gasteiger partial charge in [-0.05, 0) is 58.1 Å². The monoisotopic (exact) mass is 407 g/mol. The molecular weight excluding hydrogens is 379 g/mol. The van der Waals surface area contributed by atoms with E-state index in [4.69, 9.17) is 0 Å². The Labute approximate surface area is 165 Å². The van der Waals surface area contributed by atoms with E-state index in [0.29, 0.717) is 31.2 Å². The second-order valence-electron chi connectivity index (χ2n) is 7.33. The number of carbonyl (C=O) groups is 1. The molecule has 1 heterocycles. The van der Waals surface area contributed by atoms with Crippen LogP contribution in [0, 0.1) is 5.92 Å². The Balaban J connectivity index is 0.00000364. The summed E-state index contributed by atoms with van der Waals surface area (Å²) in [5, 5.41) is 3.34. The molecule has 0 radical (unpaired) electrons. The fraction of sp³-hybridized carbons (Fsp3) is 0.632. The van der Waals surface area contributed by atoms with Crippen LogP contribution in [0.2, 0.25) is 0 Å². The van der Waals surface area contributed by atoms with Crippen LogP contribution in [-0.2, 0) is 17.5 Å². The first-order valence-electron chi connectivity index (χ1n) is 9.00. The summed E-state index contributed by atoms with van der Waals surface area (Å²) in [4.78, 5) is 16.8. The van der Waals surface area contributed by atoms with Crippen LogP contribution in [0.15, 0.2) is 24.3 Å². The van der Waals surface area contributed by atoms with E-state index < -0.39 is 11.7 Å². The average molecular weight is 408 g/mol. The second kappa shape index (κ2) is 10.3. The predicted molar refractivity (Wildman–Crippen MR) is 103 cm³/mol. The standard InChI is InChI=1S/C19H28F3N3O.ClH/c1-14-12-16(8-9-23-14)18(26)25(11-10-24(2)3)13-15-4-6-17(7-5-15)19(20,21)22;/h4-7,14,16,23H,8-13H2,1-3H3;1H/t14-,16-;/m0./s1. The van der Waals surface area contributed by atoms with Gasteiger partial charge in [-0.25, -0.2) is 0 Å². The molecule has 2 atom stereocenters. The second-order valence-corrected chi connectivity index (χ2v) is 7.33. The highest BCUT2D eigenvalue weighted by atomic mass is 35.5. The van der Waals surface area contributed by atoms with Crippen LogP contribution >= 0.6 is 12.4 Å². The normalized spacial score (nSPS) is 20.3. The maximum absolute atomic E-state index is 13.0. The van der Waals surface area contributed by atoms with Crippen molar-refractivity contribution >= 4 is 18.3 Å². The lowest BCUT2D eigenvalue weighted by Gasteiger charge is -2.33. The number of halogens is 4. The average Bonchev–Trinajstić information content (AvgIpc) is 2.57. The molecule has 1 amide bonds. The molecule has 0 aliphatic carbocycles. The molecule has 8 heteroatoms.